The van der Waals surface area contributed by atoms with Crippen molar-refractivity contribution in [3.8, 4) is 0 Å². The van der Waals surface area contributed by atoms with Crippen molar-refractivity contribution in [2.45, 2.75) is 154 Å². The molecule has 13 heteroatoms. The number of hydrogen-bond acceptors (Lipinski definition) is 10. The normalized spacial score (nSPS) is 19.8. The van der Waals surface area contributed by atoms with Gasteiger partial charge in [-0.1, -0.05) is 107 Å². The van der Waals surface area contributed by atoms with Gasteiger partial charge in [-0.25, -0.2) is 4.57 Å². The van der Waals surface area contributed by atoms with Crippen LogP contribution >= 0.6 is 7.82 Å². The van der Waals surface area contributed by atoms with E-state index in [1.165, 1.54) is 19.3 Å². The second-order valence-corrected chi connectivity index (χ2v) is 18.0. The number of hydrogen-bond donors (Lipinski definition) is 3. The molecule has 0 aromatic heterocycles. The molecule has 0 aromatic rings. The second kappa shape index (κ2) is 33.0. The Bertz CT molecular complexity index is 1350. The first kappa shape index (κ1) is 54.3. The number of Topliss-reactive ketones (excluding diaryl/α,β-unsaturated/α-hetero) is 1. The Morgan fingerprint density at radius 2 is 1.39 bits per heavy atom. The van der Waals surface area contributed by atoms with Crippen LogP contribution < -0.4 is 0 Å². The van der Waals surface area contributed by atoms with E-state index in [0.717, 1.165) is 51.4 Å². The lowest BCUT2D eigenvalue weighted by atomic mass is 9.90. The monoisotopic (exact) mass is 853 g/mol. The molecular formula is C46H79NO11P+. The van der Waals surface area contributed by atoms with Gasteiger partial charge >= 0.3 is 19.8 Å². The SMILES string of the molecule is CCCCC/C=C\C/C=C\C/C=C\CCCCC(=O)OC[C@H](COP(=O)(O)OCC[N+](C)(C)C)OC(=O)CCC/C=C\C[C@H]1[C@@H](O)CC(=O)[C@@H]1/C=C/[C@@H](O)CCCCC. The van der Waals surface area contributed by atoms with Gasteiger partial charge in [-0.05, 0) is 70.6 Å². The third-order valence-electron chi connectivity index (χ3n) is 9.90. The lowest BCUT2D eigenvalue weighted by Crippen LogP contribution is -2.37. The number of quaternary nitrogens is 1. The first-order valence-corrected chi connectivity index (χ1v) is 23.6. The molecule has 1 aliphatic rings. The number of rotatable bonds is 35. The highest BCUT2D eigenvalue weighted by Gasteiger charge is 2.39. The average molecular weight is 853 g/mol. The van der Waals surface area contributed by atoms with Crippen LogP contribution in [0.4, 0.5) is 0 Å². The molecule has 1 saturated carbocycles. The van der Waals surface area contributed by atoms with E-state index in [1.54, 1.807) is 12.2 Å². The summed E-state index contributed by atoms with van der Waals surface area (Å²) in [5.41, 5.74) is 0. The fourth-order valence-corrected chi connectivity index (χ4v) is 7.04. The van der Waals surface area contributed by atoms with Gasteiger partial charge in [-0.15, -0.1) is 0 Å². The molecule has 0 saturated heterocycles. The Morgan fingerprint density at radius 1 is 0.797 bits per heavy atom. The Morgan fingerprint density at radius 3 is 2.05 bits per heavy atom. The van der Waals surface area contributed by atoms with E-state index in [0.29, 0.717) is 43.1 Å². The van der Waals surface area contributed by atoms with Gasteiger partial charge in [0.05, 0.1) is 40.0 Å². The number of esters is 2. The number of allylic oxidation sites excluding steroid dienone is 9. The van der Waals surface area contributed by atoms with Crippen molar-refractivity contribution < 1.29 is 57.1 Å². The Labute approximate surface area is 356 Å². The lowest BCUT2D eigenvalue weighted by Gasteiger charge is -2.24. The zero-order valence-electron chi connectivity index (χ0n) is 36.9. The summed E-state index contributed by atoms with van der Waals surface area (Å²) in [5, 5.41) is 20.8. The number of ether oxygens (including phenoxy) is 2. The van der Waals surface area contributed by atoms with Gasteiger partial charge in [0.2, 0.25) is 0 Å². The summed E-state index contributed by atoms with van der Waals surface area (Å²) in [6, 6.07) is 0. The van der Waals surface area contributed by atoms with E-state index >= 15 is 0 Å². The summed E-state index contributed by atoms with van der Waals surface area (Å²) in [7, 11) is 1.28. The zero-order valence-corrected chi connectivity index (χ0v) is 37.8. The topological polar surface area (TPSA) is 166 Å². The highest BCUT2D eigenvalue weighted by molar-refractivity contribution is 7.47. The van der Waals surface area contributed by atoms with Crippen molar-refractivity contribution in [2.75, 3.05) is 47.5 Å². The maximum absolute atomic E-state index is 12.8. The smallest absolute Gasteiger partial charge is 0.462 e. The van der Waals surface area contributed by atoms with Crippen LogP contribution in [-0.2, 0) is 37.5 Å². The molecular weight excluding hydrogens is 773 g/mol. The van der Waals surface area contributed by atoms with Crippen LogP contribution in [0.5, 0.6) is 0 Å². The van der Waals surface area contributed by atoms with E-state index in [1.807, 2.05) is 33.3 Å². The predicted octanol–water partition coefficient (Wildman–Crippen LogP) is 9.05. The molecule has 1 aliphatic carbocycles. The van der Waals surface area contributed by atoms with Crippen LogP contribution in [0.25, 0.3) is 0 Å². The molecule has 0 spiro atoms. The van der Waals surface area contributed by atoms with Gasteiger partial charge in [0.15, 0.2) is 6.10 Å². The number of likely N-dealkylation sites (N-methyl/N-ethyl adjacent to an activating group) is 1. The van der Waals surface area contributed by atoms with Gasteiger partial charge in [0, 0.05) is 31.1 Å². The highest BCUT2D eigenvalue weighted by atomic mass is 31.2. The van der Waals surface area contributed by atoms with E-state index in [9.17, 15) is 34.1 Å². The van der Waals surface area contributed by atoms with Crippen molar-refractivity contribution in [1.29, 1.82) is 0 Å². The number of unbranched alkanes of at least 4 members (excludes halogenated alkanes) is 8. The van der Waals surface area contributed by atoms with Crippen molar-refractivity contribution in [3.05, 3.63) is 60.8 Å². The Hall–Kier alpha value is -2.70. The minimum atomic E-state index is -4.46. The summed E-state index contributed by atoms with van der Waals surface area (Å²) in [5.74, 6) is -1.81. The molecule has 1 rings (SSSR count). The lowest BCUT2D eigenvalue weighted by molar-refractivity contribution is -0.870. The maximum atomic E-state index is 12.8. The highest BCUT2D eigenvalue weighted by Crippen LogP contribution is 2.43. The maximum Gasteiger partial charge on any atom is 0.472 e. The standard InChI is InChI=1S/C46H78NO11P/c1-6-8-10-11-12-13-14-15-16-17-18-19-20-21-26-30-45(51)55-37-40(38-57-59(53,54)56-35-34-47(3,4)5)58-46(52)31-27-23-22-25-29-41-42(44(50)36-43(41)49)33-32-39(48)28-24-9-7-2/h12-13,15-16,18-19,22,25,32-33,39-43,48-49H,6-11,14,17,20-21,23-24,26-31,34-38H2,1-5H3/p+1/b13-12-,16-15-,19-18-,25-22-,33-32+/t39-,40+,41+,42+,43-/m0/s1. The van der Waals surface area contributed by atoms with Gasteiger partial charge in [0.1, 0.15) is 25.5 Å². The van der Waals surface area contributed by atoms with E-state index in [4.69, 9.17) is 18.5 Å². The van der Waals surface area contributed by atoms with Gasteiger partial charge < -0.3 is 29.1 Å². The average Bonchev–Trinajstić information content (AvgIpc) is 3.44. The number of nitrogens with zero attached hydrogens (tertiary/aromatic N) is 1. The molecule has 0 bridgehead atoms. The van der Waals surface area contributed by atoms with E-state index < -0.39 is 50.6 Å². The number of ketones is 1. The molecule has 59 heavy (non-hydrogen) atoms. The molecule has 3 N–H and O–H groups in total. The summed E-state index contributed by atoms with van der Waals surface area (Å²) < 4.78 is 34.2. The van der Waals surface area contributed by atoms with Crippen LogP contribution in [-0.4, -0.2) is 103 Å². The minimum absolute atomic E-state index is 0.0252. The minimum Gasteiger partial charge on any atom is -0.462 e. The van der Waals surface area contributed by atoms with Crippen LogP contribution in [0.3, 0.4) is 0 Å². The third kappa shape index (κ3) is 30.1. The molecule has 0 heterocycles. The fourth-order valence-electron chi connectivity index (χ4n) is 6.29. The molecule has 1 unspecified atom stereocenters. The van der Waals surface area contributed by atoms with Gasteiger partial charge in [-0.3, -0.25) is 23.4 Å². The van der Waals surface area contributed by atoms with Crippen molar-refractivity contribution in [2.24, 2.45) is 11.8 Å². The van der Waals surface area contributed by atoms with Crippen LogP contribution in [0.1, 0.15) is 136 Å². The number of carbonyl (C=O) groups excluding carboxylic acids is 3. The number of aliphatic hydroxyl groups is 2. The molecule has 338 valence electrons. The molecule has 1 fully saturated rings. The third-order valence-corrected chi connectivity index (χ3v) is 10.9. The molecule has 0 aliphatic heterocycles. The Kier molecular flexibility index (Phi) is 30.4. The second-order valence-electron chi connectivity index (χ2n) is 16.5. The van der Waals surface area contributed by atoms with Crippen molar-refractivity contribution >= 4 is 25.5 Å². The summed E-state index contributed by atoms with van der Waals surface area (Å²) in [4.78, 5) is 48.1. The molecule has 0 amide bonds. The van der Waals surface area contributed by atoms with Crippen LogP contribution in [0.2, 0.25) is 0 Å². The molecule has 0 radical (unpaired) electrons. The quantitative estimate of drug-likeness (QED) is 0.0183. The summed E-state index contributed by atoms with van der Waals surface area (Å²) in [6.07, 6.45) is 32.1. The molecule has 12 nitrogen and oxygen atoms in total. The van der Waals surface area contributed by atoms with Crippen molar-refractivity contribution in [1.82, 2.24) is 0 Å². The number of phosphoric ester groups is 1. The number of aliphatic hydroxyl groups excluding tert-OH is 2. The van der Waals surface area contributed by atoms with Crippen molar-refractivity contribution in [3.63, 3.8) is 0 Å². The van der Waals surface area contributed by atoms with E-state index in [-0.39, 0.29) is 44.2 Å². The fraction of sp³-hybridized carbons (Fsp3) is 0.717. The summed E-state index contributed by atoms with van der Waals surface area (Å²) >= 11 is 0. The predicted molar refractivity (Wildman–Crippen MR) is 234 cm³/mol. The number of phosphoric acid groups is 1. The van der Waals surface area contributed by atoms with Crippen LogP contribution in [0.15, 0.2) is 60.8 Å². The largest absolute Gasteiger partial charge is 0.472 e. The molecule has 6 atom stereocenters. The summed E-state index contributed by atoms with van der Waals surface area (Å²) in [6.45, 7) is 3.91. The zero-order chi connectivity index (χ0) is 43.8. The van der Waals surface area contributed by atoms with E-state index in [2.05, 4.69) is 50.3 Å². The first-order chi connectivity index (χ1) is 28.2. The first-order valence-electron chi connectivity index (χ1n) is 22.1. The Balaban J connectivity index is 2.56. The van der Waals surface area contributed by atoms with Crippen LogP contribution in [0, 0.1) is 11.8 Å². The molecule has 0 aromatic carbocycles. The van der Waals surface area contributed by atoms with Gasteiger partial charge in [-0.2, -0.15) is 0 Å². The number of carbonyl (C=O) groups is 3. The van der Waals surface area contributed by atoms with Gasteiger partial charge in [0.25, 0.3) is 0 Å².